The first kappa shape index (κ1) is 21.4. The van der Waals surface area contributed by atoms with Crippen molar-refractivity contribution in [2.75, 3.05) is 4.90 Å². The number of benzene rings is 1. The molecule has 8 heteroatoms. The van der Waals surface area contributed by atoms with Crippen molar-refractivity contribution in [1.29, 1.82) is 0 Å². The van der Waals surface area contributed by atoms with E-state index in [0.29, 0.717) is 15.8 Å². The maximum Gasteiger partial charge on any atom is 0.174 e. The molecular weight excluding hydrogens is 454 g/mol. The van der Waals surface area contributed by atoms with E-state index in [2.05, 4.69) is 39.8 Å². The fourth-order valence-corrected chi connectivity index (χ4v) is 5.05. The minimum atomic E-state index is -0.263. The maximum absolute atomic E-state index is 10.7. The van der Waals surface area contributed by atoms with Gasteiger partial charge in [-0.3, -0.25) is 4.98 Å². The first-order valence-electron chi connectivity index (χ1n) is 10.5. The van der Waals surface area contributed by atoms with Crippen LogP contribution in [-0.2, 0) is 0 Å². The predicted octanol–water partition coefficient (Wildman–Crippen LogP) is 5.42. The van der Waals surface area contributed by atoms with Crippen LogP contribution in [0.25, 0.3) is 5.82 Å². The number of nitrogens with zero attached hydrogens (tertiary/aromatic N) is 4. The van der Waals surface area contributed by atoms with Crippen molar-refractivity contribution in [2.45, 2.75) is 25.9 Å². The van der Waals surface area contributed by atoms with Gasteiger partial charge < -0.3 is 19.9 Å². The predicted molar refractivity (Wildman–Crippen MR) is 134 cm³/mol. The Kier molecular flexibility index (Phi) is 5.52. The highest BCUT2D eigenvalue weighted by atomic mass is 35.5. The number of nitrogens with one attached hydrogen (secondary N) is 1. The maximum atomic E-state index is 10.7. The second-order valence-electron chi connectivity index (χ2n) is 7.98. The molecule has 166 valence electrons. The standard InChI is InChI=1S/C25H22ClN5OS/c1-15-13-18(16(2)30(15)22-8-4-6-12-28-22)24-23(19-7-3-5-11-27-19)29-25(33)31(24)20-14-17(26)9-10-21(20)32/h3-14,23-24,32H,1-2H3,(H,29,33). The fourth-order valence-electron chi connectivity index (χ4n) is 4.55. The molecule has 0 aliphatic carbocycles. The molecule has 1 aliphatic heterocycles. The van der Waals surface area contributed by atoms with Crippen molar-refractivity contribution >= 4 is 34.6 Å². The van der Waals surface area contributed by atoms with Crippen LogP contribution in [0.1, 0.15) is 34.7 Å². The molecule has 0 amide bonds. The third kappa shape index (κ3) is 3.73. The topological polar surface area (TPSA) is 66.2 Å². The lowest BCUT2D eigenvalue weighted by atomic mass is 9.96. The van der Waals surface area contributed by atoms with Crippen molar-refractivity contribution in [3.05, 3.63) is 101 Å². The van der Waals surface area contributed by atoms with Gasteiger partial charge in [0, 0.05) is 28.8 Å². The van der Waals surface area contributed by atoms with Crippen molar-refractivity contribution in [3.8, 4) is 11.6 Å². The number of rotatable bonds is 4. The first-order valence-corrected chi connectivity index (χ1v) is 11.3. The molecule has 4 aromatic rings. The number of halogens is 1. The molecule has 0 saturated carbocycles. The summed E-state index contributed by atoms with van der Waals surface area (Å²) in [5, 5.41) is 15.2. The quantitative estimate of drug-likeness (QED) is 0.384. The zero-order chi connectivity index (χ0) is 23.1. The van der Waals surface area contributed by atoms with Crippen molar-refractivity contribution in [2.24, 2.45) is 0 Å². The minimum Gasteiger partial charge on any atom is -0.506 e. The molecule has 2 atom stereocenters. The van der Waals surface area contributed by atoms with Crippen LogP contribution < -0.4 is 10.2 Å². The Bertz CT molecular complexity index is 1330. The molecule has 2 N–H and O–H groups in total. The Labute approximate surface area is 202 Å². The highest BCUT2D eigenvalue weighted by Gasteiger charge is 2.43. The van der Waals surface area contributed by atoms with Crippen LogP contribution in [-0.4, -0.2) is 24.8 Å². The Morgan fingerprint density at radius 2 is 1.76 bits per heavy atom. The number of aryl methyl sites for hydroxylation is 1. The molecule has 2 unspecified atom stereocenters. The molecule has 3 aromatic heterocycles. The van der Waals surface area contributed by atoms with Crippen LogP contribution in [0.3, 0.4) is 0 Å². The number of aromatic nitrogens is 3. The summed E-state index contributed by atoms with van der Waals surface area (Å²) in [5.74, 6) is 0.951. The summed E-state index contributed by atoms with van der Waals surface area (Å²) >= 11 is 12.1. The Morgan fingerprint density at radius 1 is 1.00 bits per heavy atom. The third-order valence-corrected chi connectivity index (χ3v) is 6.51. The van der Waals surface area contributed by atoms with E-state index < -0.39 is 0 Å². The molecule has 33 heavy (non-hydrogen) atoms. The number of phenolic OH excluding ortho intramolecular Hbond substituents is 1. The summed E-state index contributed by atoms with van der Waals surface area (Å²) in [5.41, 5.74) is 4.55. The number of anilines is 1. The van der Waals surface area contributed by atoms with Gasteiger partial charge in [0.1, 0.15) is 11.6 Å². The van der Waals surface area contributed by atoms with Gasteiger partial charge in [0.2, 0.25) is 0 Å². The largest absolute Gasteiger partial charge is 0.506 e. The lowest BCUT2D eigenvalue weighted by molar-refractivity contribution is 0.472. The lowest BCUT2D eigenvalue weighted by Crippen LogP contribution is -2.29. The number of hydrogen-bond donors (Lipinski definition) is 2. The Morgan fingerprint density at radius 3 is 2.45 bits per heavy atom. The zero-order valence-corrected chi connectivity index (χ0v) is 19.7. The van der Waals surface area contributed by atoms with Gasteiger partial charge in [-0.05, 0) is 80.2 Å². The smallest absolute Gasteiger partial charge is 0.174 e. The number of aromatic hydroxyl groups is 1. The fraction of sp³-hybridized carbons (Fsp3) is 0.160. The van der Waals surface area contributed by atoms with Crippen LogP contribution in [0, 0.1) is 13.8 Å². The normalized spacial score (nSPS) is 17.9. The van der Waals surface area contributed by atoms with Gasteiger partial charge in [-0.1, -0.05) is 23.7 Å². The zero-order valence-electron chi connectivity index (χ0n) is 18.1. The molecular formula is C25H22ClN5OS. The van der Waals surface area contributed by atoms with Crippen molar-refractivity contribution in [1.82, 2.24) is 19.9 Å². The van der Waals surface area contributed by atoms with Crippen LogP contribution in [0.2, 0.25) is 5.02 Å². The molecule has 4 heterocycles. The summed E-state index contributed by atoms with van der Waals surface area (Å²) in [6, 6.07) is 18.3. The van der Waals surface area contributed by atoms with E-state index in [9.17, 15) is 5.11 Å². The second-order valence-corrected chi connectivity index (χ2v) is 8.80. The summed E-state index contributed by atoms with van der Waals surface area (Å²) in [6.45, 7) is 4.13. The summed E-state index contributed by atoms with van der Waals surface area (Å²) in [7, 11) is 0. The lowest BCUT2D eigenvalue weighted by Gasteiger charge is -2.28. The van der Waals surface area contributed by atoms with Gasteiger partial charge in [0.15, 0.2) is 5.11 Å². The van der Waals surface area contributed by atoms with Crippen LogP contribution >= 0.6 is 23.8 Å². The Balaban J connectivity index is 1.71. The highest BCUT2D eigenvalue weighted by molar-refractivity contribution is 7.80. The van der Waals surface area contributed by atoms with E-state index >= 15 is 0 Å². The van der Waals surface area contributed by atoms with Crippen molar-refractivity contribution < 1.29 is 5.11 Å². The summed E-state index contributed by atoms with van der Waals surface area (Å²) in [6.07, 6.45) is 3.56. The molecule has 1 fully saturated rings. The molecule has 0 spiro atoms. The van der Waals surface area contributed by atoms with Gasteiger partial charge in [0.25, 0.3) is 0 Å². The van der Waals surface area contributed by atoms with Gasteiger partial charge in [-0.15, -0.1) is 0 Å². The number of pyridine rings is 2. The van der Waals surface area contributed by atoms with Gasteiger partial charge in [0.05, 0.1) is 23.5 Å². The van der Waals surface area contributed by atoms with Crippen LogP contribution in [0.5, 0.6) is 5.75 Å². The van der Waals surface area contributed by atoms with Gasteiger partial charge in [-0.2, -0.15) is 0 Å². The monoisotopic (exact) mass is 475 g/mol. The van der Waals surface area contributed by atoms with Crippen molar-refractivity contribution in [3.63, 3.8) is 0 Å². The average Bonchev–Trinajstić information content (AvgIpc) is 3.31. The average molecular weight is 476 g/mol. The first-order chi connectivity index (χ1) is 16.0. The SMILES string of the molecule is Cc1cc(C2C(c3ccccn3)NC(=S)N2c2cc(Cl)ccc2O)c(C)n1-c1ccccn1. The van der Waals surface area contributed by atoms with E-state index in [1.54, 1.807) is 30.6 Å². The van der Waals surface area contributed by atoms with E-state index in [-0.39, 0.29) is 17.8 Å². The number of thiocarbonyl (C=S) groups is 1. The Hall–Kier alpha value is -3.42. The van der Waals surface area contributed by atoms with E-state index in [1.165, 1.54) is 0 Å². The van der Waals surface area contributed by atoms with E-state index in [0.717, 1.165) is 28.5 Å². The minimum absolute atomic E-state index is 0.105. The summed E-state index contributed by atoms with van der Waals surface area (Å²) < 4.78 is 2.13. The summed E-state index contributed by atoms with van der Waals surface area (Å²) in [4.78, 5) is 11.1. The van der Waals surface area contributed by atoms with E-state index in [1.807, 2.05) is 41.3 Å². The molecule has 1 aromatic carbocycles. The molecule has 1 aliphatic rings. The molecule has 0 bridgehead atoms. The van der Waals surface area contributed by atoms with Crippen LogP contribution in [0.4, 0.5) is 5.69 Å². The van der Waals surface area contributed by atoms with Crippen LogP contribution in [0.15, 0.2) is 73.1 Å². The van der Waals surface area contributed by atoms with E-state index in [4.69, 9.17) is 23.8 Å². The molecule has 6 nitrogen and oxygen atoms in total. The molecule has 1 saturated heterocycles. The third-order valence-electron chi connectivity index (χ3n) is 5.96. The number of phenols is 1. The molecule has 0 radical (unpaired) electrons. The molecule has 5 rings (SSSR count). The van der Waals surface area contributed by atoms with Gasteiger partial charge in [-0.25, -0.2) is 4.98 Å². The highest BCUT2D eigenvalue weighted by Crippen LogP contribution is 2.46. The number of hydrogen-bond acceptors (Lipinski definition) is 4. The van der Waals surface area contributed by atoms with Gasteiger partial charge >= 0.3 is 0 Å². The second kappa shape index (κ2) is 8.50.